The number of esters is 2. The van der Waals surface area contributed by atoms with E-state index in [1.807, 2.05) is 0 Å². The average molecular weight is 271 g/mol. The molecule has 3 aliphatic heterocycles. The Kier molecular flexibility index (Phi) is 1.95. The van der Waals surface area contributed by atoms with Gasteiger partial charge in [0.2, 0.25) is 5.91 Å². The van der Waals surface area contributed by atoms with Crippen molar-refractivity contribution in [3.05, 3.63) is 0 Å². The van der Waals surface area contributed by atoms with E-state index in [-0.39, 0.29) is 0 Å². The fourth-order valence-electron chi connectivity index (χ4n) is 3.08. The van der Waals surface area contributed by atoms with Gasteiger partial charge in [-0.05, 0) is 6.92 Å². The highest BCUT2D eigenvalue weighted by Crippen LogP contribution is 2.64. The summed E-state index contributed by atoms with van der Waals surface area (Å²) in [5.74, 6) is -4.97. The van der Waals surface area contributed by atoms with E-state index in [2.05, 4.69) is 10.1 Å². The highest BCUT2D eigenvalue weighted by Gasteiger charge is 2.77. The summed E-state index contributed by atoms with van der Waals surface area (Å²) in [6.07, 6.45) is -0.497. The smallest absolute Gasteiger partial charge is 0.320 e. The van der Waals surface area contributed by atoms with Crippen molar-refractivity contribution in [2.24, 2.45) is 11.8 Å². The van der Waals surface area contributed by atoms with Crippen LogP contribution in [0.5, 0.6) is 0 Å². The third-order valence-electron chi connectivity index (χ3n) is 3.69. The molecule has 3 rings (SSSR count). The van der Waals surface area contributed by atoms with E-state index in [1.165, 1.54) is 0 Å². The van der Waals surface area contributed by atoms with Crippen molar-refractivity contribution in [1.29, 1.82) is 0 Å². The number of carbonyl (C=O) groups excluding carboxylic acids is 3. The second kappa shape index (κ2) is 3.05. The van der Waals surface area contributed by atoms with Crippen molar-refractivity contribution in [2.45, 2.75) is 23.0 Å². The van der Waals surface area contributed by atoms with Crippen molar-refractivity contribution in [1.82, 2.24) is 5.32 Å². The number of ether oxygens (including phenoxy) is 1. The zero-order chi connectivity index (χ0) is 13.3. The van der Waals surface area contributed by atoms with E-state index in [0.717, 1.165) is 11.8 Å². The number of hydrogen-bond acceptors (Lipinski definition) is 6. The molecular formula is C10H9NO6S. The van der Waals surface area contributed by atoms with Gasteiger partial charge in [-0.1, -0.05) is 0 Å². The van der Waals surface area contributed by atoms with Crippen LogP contribution in [0, 0.1) is 11.8 Å². The number of nitrogens with one attached hydrogen (secondary N) is 1. The van der Waals surface area contributed by atoms with Gasteiger partial charge in [-0.25, -0.2) is 0 Å². The molecule has 4 unspecified atom stereocenters. The topological polar surface area (TPSA) is 110 Å². The van der Waals surface area contributed by atoms with E-state index in [4.69, 9.17) is 5.11 Å². The van der Waals surface area contributed by atoms with Crippen LogP contribution in [0.1, 0.15) is 13.3 Å². The molecule has 2 N–H and O–H groups in total. The molecule has 1 amide bonds. The Morgan fingerprint density at radius 1 is 1.39 bits per heavy atom. The summed E-state index contributed by atoms with van der Waals surface area (Å²) in [6, 6.07) is 0. The molecule has 0 aromatic carbocycles. The van der Waals surface area contributed by atoms with Gasteiger partial charge >= 0.3 is 17.9 Å². The SMILES string of the molecule is CC12NC(=O)C(CC(=O)O)(S1)C1C(=O)OC(=O)C12. The third-order valence-corrected chi connectivity index (χ3v) is 5.42. The maximum absolute atomic E-state index is 12.0. The van der Waals surface area contributed by atoms with Gasteiger partial charge in [-0.15, -0.1) is 11.8 Å². The van der Waals surface area contributed by atoms with Crippen LogP contribution in [-0.4, -0.2) is 38.5 Å². The Bertz CT molecular complexity index is 518. The lowest BCUT2D eigenvalue weighted by molar-refractivity contribution is -0.154. The number of cyclic esters (lactones) is 2. The van der Waals surface area contributed by atoms with Gasteiger partial charge < -0.3 is 15.2 Å². The van der Waals surface area contributed by atoms with E-state index < -0.39 is 51.7 Å². The van der Waals surface area contributed by atoms with Crippen LogP contribution in [0.2, 0.25) is 0 Å². The molecule has 0 aromatic rings. The van der Waals surface area contributed by atoms with Gasteiger partial charge in [0.15, 0.2) is 0 Å². The second-order valence-electron chi connectivity index (χ2n) is 4.82. The maximum atomic E-state index is 12.0. The standard InChI is InChI=1S/C10H9NO6S/c1-9-4-5(7(15)17-6(4)14)10(18-9,2-3(12)13)8(16)11-9/h4-5H,2H2,1H3,(H,11,16)(H,12,13). The molecule has 0 radical (unpaired) electrons. The third kappa shape index (κ3) is 1.11. The molecule has 0 aromatic heterocycles. The highest BCUT2D eigenvalue weighted by molar-refractivity contribution is 8.03. The molecule has 4 atom stereocenters. The molecule has 7 nitrogen and oxygen atoms in total. The highest BCUT2D eigenvalue weighted by atomic mass is 32.2. The zero-order valence-corrected chi connectivity index (χ0v) is 10.1. The summed E-state index contributed by atoms with van der Waals surface area (Å²) in [5, 5.41) is 11.5. The normalized spacial score (nSPS) is 44.8. The van der Waals surface area contributed by atoms with Gasteiger partial charge in [-0.3, -0.25) is 19.2 Å². The number of carboxylic acids is 1. The monoisotopic (exact) mass is 271 g/mol. The minimum atomic E-state index is -1.42. The summed E-state index contributed by atoms with van der Waals surface area (Å²) in [7, 11) is 0. The summed E-state index contributed by atoms with van der Waals surface area (Å²) < 4.78 is 3.13. The molecule has 3 fully saturated rings. The average Bonchev–Trinajstić information content (AvgIpc) is 2.72. The van der Waals surface area contributed by atoms with E-state index >= 15 is 0 Å². The van der Waals surface area contributed by atoms with Crippen LogP contribution < -0.4 is 5.32 Å². The summed E-state index contributed by atoms with van der Waals surface area (Å²) in [5.41, 5.74) is 0. The Balaban J connectivity index is 2.13. The van der Waals surface area contributed by atoms with Crippen LogP contribution in [-0.2, 0) is 23.9 Å². The predicted octanol–water partition coefficient (Wildman–Crippen LogP) is -0.891. The molecule has 3 saturated heterocycles. The van der Waals surface area contributed by atoms with Crippen LogP contribution in [0.3, 0.4) is 0 Å². The summed E-state index contributed by atoms with van der Waals surface area (Å²) in [4.78, 5) is 45.3. The maximum Gasteiger partial charge on any atom is 0.320 e. The number of aliphatic carboxylic acids is 1. The van der Waals surface area contributed by atoms with Crippen molar-refractivity contribution in [3.63, 3.8) is 0 Å². The summed E-state index contributed by atoms with van der Waals surface area (Å²) >= 11 is 1.05. The zero-order valence-electron chi connectivity index (χ0n) is 9.26. The van der Waals surface area contributed by atoms with Gasteiger partial charge in [0.05, 0.1) is 17.2 Å². The van der Waals surface area contributed by atoms with Crippen molar-refractivity contribution in [3.8, 4) is 0 Å². The van der Waals surface area contributed by atoms with Crippen molar-refractivity contribution in [2.75, 3.05) is 0 Å². The number of fused-ring (bicyclic) bond motifs is 5. The van der Waals surface area contributed by atoms with Crippen molar-refractivity contribution >= 4 is 35.6 Å². The Labute approximate surface area is 105 Å². The second-order valence-corrected chi connectivity index (χ2v) is 6.60. The van der Waals surface area contributed by atoms with Gasteiger partial charge in [-0.2, -0.15) is 0 Å². The fourth-order valence-corrected chi connectivity index (χ4v) is 5.04. The van der Waals surface area contributed by atoms with E-state index in [0.29, 0.717) is 0 Å². The fraction of sp³-hybridized carbons (Fsp3) is 0.600. The lowest BCUT2D eigenvalue weighted by Crippen LogP contribution is -2.57. The van der Waals surface area contributed by atoms with E-state index in [9.17, 15) is 19.2 Å². The molecule has 3 aliphatic rings. The number of carboxylic acid groups (broad SMARTS) is 1. The number of piperidine rings is 1. The Morgan fingerprint density at radius 3 is 2.61 bits per heavy atom. The molecular weight excluding hydrogens is 262 g/mol. The quantitative estimate of drug-likeness (QED) is 0.495. The molecule has 0 saturated carbocycles. The largest absolute Gasteiger partial charge is 0.481 e. The van der Waals surface area contributed by atoms with Crippen LogP contribution >= 0.6 is 11.8 Å². The molecule has 8 heteroatoms. The first-order valence-corrected chi connectivity index (χ1v) is 6.12. The lowest BCUT2D eigenvalue weighted by atomic mass is 9.74. The molecule has 3 heterocycles. The minimum Gasteiger partial charge on any atom is -0.481 e. The first-order chi connectivity index (χ1) is 8.30. The minimum absolute atomic E-state index is 0.497. The van der Waals surface area contributed by atoms with Crippen molar-refractivity contribution < 1.29 is 29.0 Å². The number of amides is 1. The lowest BCUT2D eigenvalue weighted by Gasteiger charge is -2.30. The first-order valence-electron chi connectivity index (χ1n) is 5.30. The predicted molar refractivity (Wildman–Crippen MR) is 57.2 cm³/mol. The van der Waals surface area contributed by atoms with Gasteiger partial charge in [0.1, 0.15) is 10.7 Å². The molecule has 18 heavy (non-hydrogen) atoms. The molecule has 0 aliphatic carbocycles. The van der Waals surface area contributed by atoms with Crippen LogP contribution in [0.25, 0.3) is 0 Å². The number of carbonyl (C=O) groups is 4. The molecule has 96 valence electrons. The van der Waals surface area contributed by atoms with Gasteiger partial charge in [0, 0.05) is 0 Å². The van der Waals surface area contributed by atoms with Crippen LogP contribution in [0.15, 0.2) is 0 Å². The van der Waals surface area contributed by atoms with E-state index in [1.54, 1.807) is 6.92 Å². The molecule has 0 spiro atoms. The number of thioether (sulfide) groups is 1. The van der Waals surface area contributed by atoms with Gasteiger partial charge in [0.25, 0.3) is 0 Å². The number of rotatable bonds is 2. The first kappa shape index (κ1) is 11.5. The van der Waals surface area contributed by atoms with Crippen LogP contribution in [0.4, 0.5) is 0 Å². The molecule has 2 bridgehead atoms. The Morgan fingerprint density at radius 2 is 2.00 bits per heavy atom. The summed E-state index contributed by atoms with van der Waals surface area (Å²) in [6.45, 7) is 1.61. The Hall–Kier alpha value is -1.57. The number of hydrogen-bond donors (Lipinski definition) is 2.